The summed E-state index contributed by atoms with van der Waals surface area (Å²) in [4.78, 5) is 0. The normalized spacial score (nSPS) is 17.1. The van der Waals surface area contributed by atoms with Crippen LogP contribution in [0, 0.1) is 5.82 Å². The van der Waals surface area contributed by atoms with Gasteiger partial charge in [0.2, 0.25) is 10.0 Å². The fourth-order valence-corrected chi connectivity index (χ4v) is 4.72. The summed E-state index contributed by atoms with van der Waals surface area (Å²) in [5, 5.41) is 3.34. The molecule has 0 bridgehead atoms. The quantitative estimate of drug-likeness (QED) is 0.795. The molecule has 0 saturated carbocycles. The van der Waals surface area contributed by atoms with E-state index in [1.807, 2.05) is 45.0 Å². The highest BCUT2D eigenvalue weighted by Crippen LogP contribution is 2.32. The third-order valence-electron chi connectivity index (χ3n) is 4.44. The average molecular weight is 392 g/mol. The van der Waals surface area contributed by atoms with Crippen molar-refractivity contribution in [2.45, 2.75) is 39.3 Å². The number of halogens is 1. The number of ether oxygens (including phenoxy) is 1. The van der Waals surface area contributed by atoms with Crippen LogP contribution in [-0.2, 0) is 10.0 Å². The molecule has 1 fully saturated rings. The van der Waals surface area contributed by atoms with Crippen LogP contribution < -0.4 is 14.4 Å². The summed E-state index contributed by atoms with van der Waals surface area (Å²) in [5.74, 6) is 0.288. The Morgan fingerprint density at radius 3 is 2.59 bits per heavy atom. The molecule has 1 aliphatic rings. The van der Waals surface area contributed by atoms with E-state index >= 15 is 0 Å². The van der Waals surface area contributed by atoms with E-state index in [1.54, 1.807) is 6.07 Å². The van der Waals surface area contributed by atoms with E-state index in [1.165, 1.54) is 16.4 Å². The Morgan fingerprint density at radius 2 is 1.93 bits per heavy atom. The molecule has 0 aromatic heterocycles. The molecule has 1 atom stereocenters. The van der Waals surface area contributed by atoms with Gasteiger partial charge in [-0.25, -0.2) is 12.8 Å². The Bertz CT molecular complexity index is 915. The van der Waals surface area contributed by atoms with Crippen LogP contribution in [-0.4, -0.2) is 26.8 Å². The van der Waals surface area contributed by atoms with Crippen LogP contribution in [0.15, 0.2) is 42.5 Å². The fourth-order valence-electron chi connectivity index (χ4n) is 3.16. The smallest absolute Gasteiger partial charge is 0.235 e. The minimum absolute atomic E-state index is 0.0774. The molecule has 0 radical (unpaired) electrons. The Balaban J connectivity index is 1.83. The number of rotatable bonds is 6. The molecule has 2 aromatic rings. The van der Waals surface area contributed by atoms with Gasteiger partial charge in [-0.1, -0.05) is 12.1 Å². The Kier molecular flexibility index (Phi) is 5.60. The molecule has 1 aliphatic heterocycles. The molecule has 2 aromatic carbocycles. The van der Waals surface area contributed by atoms with Crippen molar-refractivity contribution in [1.82, 2.24) is 0 Å². The lowest BCUT2D eigenvalue weighted by Gasteiger charge is -2.22. The number of anilines is 2. The van der Waals surface area contributed by atoms with Gasteiger partial charge in [-0.3, -0.25) is 4.31 Å². The summed E-state index contributed by atoms with van der Waals surface area (Å²) in [7, 11) is -3.22. The van der Waals surface area contributed by atoms with Gasteiger partial charge >= 0.3 is 0 Å². The van der Waals surface area contributed by atoms with Crippen molar-refractivity contribution in [3.05, 3.63) is 53.8 Å². The van der Waals surface area contributed by atoms with Crippen molar-refractivity contribution in [3.8, 4) is 5.75 Å². The van der Waals surface area contributed by atoms with E-state index in [0.717, 1.165) is 5.56 Å². The average Bonchev–Trinajstić information content (AvgIpc) is 2.96. The molecule has 0 amide bonds. The molecule has 7 heteroatoms. The van der Waals surface area contributed by atoms with E-state index in [-0.39, 0.29) is 23.7 Å². The van der Waals surface area contributed by atoms with Gasteiger partial charge in [0.1, 0.15) is 11.6 Å². The SMILES string of the molecule is CC(C)Oc1cc(F)ccc1NC(C)c1cccc(N2CCCS2(=O)=O)c1. The topological polar surface area (TPSA) is 58.6 Å². The summed E-state index contributed by atoms with van der Waals surface area (Å²) in [5.41, 5.74) is 2.31. The largest absolute Gasteiger partial charge is 0.489 e. The second-order valence-corrected chi connectivity index (χ2v) is 9.02. The molecular weight excluding hydrogens is 367 g/mol. The van der Waals surface area contributed by atoms with Crippen LogP contribution >= 0.6 is 0 Å². The molecule has 27 heavy (non-hydrogen) atoms. The highest BCUT2D eigenvalue weighted by atomic mass is 32.2. The van der Waals surface area contributed by atoms with Crippen LogP contribution in [0.4, 0.5) is 15.8 Å². The molecule has 1 unspecified atom stereocenters. The van der Waals surface area contributed by atoms with Crippen molar-refractivity contribution in [3.63, 3.8) is 0 Å². The molecular formula is C20H25FN2O3S. The van der Waals surface area contributed by atoms with Crippen LogP contribution in [0.2, 0.25) is 0 Å². The zero-order valence-corrected chi connectivity index (χ0v) is 16.6. The third kappa shape index (κ3) is 4.53. The second kappa shape index (κ2) is 7.76. The molecule has 1 saturated heterocycles. The van der Waals surface area contributed by atoms with Crippen molar-refractivity contribution < 1.29 is 17.5 Å². The lowest BCUT2D eigenvalue weighted by molar-refractivity contribution is 0.242. The number of benzene rings is 2. The van der Waals surface area contributed by atoms with E-state index in [4.69, 9.17) is 4.74 Å². The summed E-state index contributed by atoms with van der Waals surface area (Å²) < 4.78 is 45.1. The number of nitrogens with one attached hydrogen (secondary N) is 1. The highest BCUT2D eigenvalue weighted by molar-refractivity contribution is 7.93. The van der Waals surface area contributed by atoms with Gasteiger partial charge < -0.3 is 10.1 Å². The van der Waals surface area contributed by atoms with E-state index < -0.39 is 10.0 Å². The fraction of sp³-hybridized carbons (Fsp3) is 0.400. The number of hydrogen-bond acceptors (Lipinski definition) is 4. The third-order valence-corrected chi connectivity index (χ3v) is 6.31. The van der Waals surface area contributed by atoms with Gasteiger partial charge in [0.05, 0.1) is 23.2 Å². The van der Waals surface area contributed by atoms with E-state index in [9.17, 15) is 12.8 Å². The zero-order valence-electron chi connectivity index (χ0n) is 15.8. The first kappa shape index (κ1) is 19.5. The summed E-state index contributed by atoms with van der Waals surface area (Å²) in [6.07, 6.45) is 0.567. The van der Waals surface area contributed by atoms with Gasteiger partial charge in [-0.15, -0.1) is 0 Å². The highest BCUT2D eigenvalue weighted by Gasteiger charge is 2.28. The maximum Gasteiger partial charge on any atom is 0.235 e. The van der Waals surface area contributed by atoms with Gasteiger partial charge in [0.15, 0.2) is 0 Å². The minimum atomic E-state index is -3.22. The molecule has 0 aliphatic carbocycles. The second-order valence-electron chi connectivity index (χ2n) is 7.01. The number of nitrogens with zero attached hydrogens (tertiary/aromatic N) is 1. The minimum Gasteiger partial charge on any atom is -0.489 e. The van der Waals surface area contributed by atoms with Crippen molar-refractivity contribution >= 4 is 21.4 Å². The lowest BCUT2D eigenvalue weighted by atomic mass is 10.1. The molecule has 1 heterocycles. The Hall–Kier alpha value is -2.28. The molecule has 3 rings (SSSR count). The lowest BCUT2D eigenvalue weighted by Crippen LogP contribution is -2.25. The number of hydrogen-bond donors (Lipinski definition) is 1. The summed E-state index contributed by atoms with van der Waals surface area (Å²) >= 11 is 0. The number of sulfonamides is 1. The first-order valence-electron chi connectivity index (χ1n) is 9.09. The maximum atomic E-state index is 13.6. The predicted octanol–water partition coefficient (Wildman–Crippen LogP) is 4.33. The maximum absolute atomic E-state index is 13.6. The van der Waals surface area contributed by atoms with Crippen LogP contribution in [0.3, 0.4) is 0 Å². The van der Waals surface area contributed by atoms with Gasteiger partial charge in [0.25, 0.3) is 0 Å². The van der Waals surface area contributed by atoms with Crippen LogP contribution in [0.1, 0.15) is 38.8 Å². The molecule has 1 N–H and O–H groups in total. The van der Waals surface area contributed by atoms with Gasteiger partial charge in [0, 0.05) is 18.7 Å². The first-order valence-corrected chi connectivity index (χ1v) is 10.7. The van der Waals surface area contributed by atoms with Crippen molar-refractivity contribution in [2.24, 2.45) is 0 Å². The van der Waals surface area contributed by atoms with E-state index in [0.29, 0.717) is 30.1 Å². The Morgan fingerprint density at radius 1 is 1.15 bits per heavy atom. The standard InChI is InChI=1S/C20H25FN2O3S/c1-14(2)26-20-13-17(21)8-9-19(20)22-15(3)16-6-4-7-18(12-16)23-10-5-11-27(23,24)25/h4,6-9,12-15,22H,5,10-11H2,1-3H3. The monoisotopic (exact) mass is 392 g/mol. The Labute approximate surface area is 160 Å². The summed E-state index contributed by atoms with van der Waals surface area (Å²) in [6, 6.07) is 11.8. The predicted molar refractivity (Wildman–Crippen MR) is 106 cm³/mol. The van der Waals surface area contributed by atoms with Gasteiger partial charge in [-0.2, -0.15) is 0 Å². The summed E-state index contributed by atoms with van der Waals surface area (Å²) in [6.45, 7) is 6.26. The first-order chi connectivity index (χ1) is 12.8. The molecule has 146 valence electrons. The zero-order chi connectivity index (χ0) is 19.6. The molecule has 0 spiro atoms. The van der Waals surface area contributed by atoms with Gasteiger partial charge in [-0.05, 0) is 57.0 Å². The molecule has 5 nitrogen and oxygen atoms in total. The van der Waals surface area contributed by atoms with Crippen LogP contribution in [0.5, 0.6) is 5.75 Å². The van der Waals surface area contributed by atoms with Crippen LogP contribution in [0.25, 0.3) is 0 Å². The van der Waals surface area contributed by atoms with Crippen molar-refractivity contribution in [1.29, 1.82) is 0 Å². The van der Waals surface area contributed by atoms with Crippen molar-refractivity contribution in [2.75, 3.05) is 21.9 Å². The van der Waals surface area contributed by atoms with E-state index in [2.05, 4.69) is 5.32 Å².